The number of halogens is 1. The SMILES string of the molecule is CN(C(=O)c1nc(C2CC2)n(-c2ccccc2Cl)n1)C(C)(C)C(=O)O. The van der Waals surface area contributed by atoms with Gasteiger partial charge in [-0.15, -0.1) is 5.10 Å². The van der Waals surface area contributed by atoms with Gasteiger partial charge in [-0.1, -0.05) is 23.7 Å². The van der Waals surface area contributed by atoms with Crippen LogP contribution in [0.3, 0.4) is 0 Å². The van der Waals surface area contributed by atoms with E-state index in [1.807, 2.05) is 18.2 Å². The number of amides is 1. The predicted octanol–water partition coefficient (Wildman–Crippen LogP) is 2.73. The zero-order valence-electron chi connectivity index (χ0n) is 14.2. The van der Waals surface area contributed by atoms with Crippen LogP contribution in [0, 0.1) is 0 Å². The van der Waals surface area contributed by atoms with Crippen LogP contribution in [0.1, 0.15) is 49.1 Å². The molecule has 0 spiro atoms. The van der Waals surface area contributed by atoms with Crippen LogP contribution in [0.15, 0.2) is 24.3 Å². The van der Waals surface area contributed by atoms with Crippen molar-refractivity contribution in [2.75, 3.05) is 7.05 Å². The van der Waals surface area contributed by atoms with Gasteiger partial charge in [0.25, 0.3) is 5.91 Å². The van der Waals surface area contributed by atoms with Gasteiger partial charge in [-0.05, 0) is 38.8 Å². The van der Waals surface area contributed by atoms with Gasteiger partial charge < -0.3 is 10.0 Å². The number of hydrogen-bond acceptors (Lipinski definition) is 4. The van der Waals surface area contributed by atoms with Gasteiger partial charge in [-0.25, -0.2) is 14.5 Å². The fourth-order valence-corrected chi connectivity index (χ4v) is 2.58. The van der Waals surface area contributed by atoms with E-state index in [1.54, 1.807) is 10.7 Å². The molecule has 1 aliphatic carbocycles. The summed E-state index contributed by atoms with van der Waals surface area (Å²) in [6, 6.07) is 7.20. The number of carboxylic acids is 1. The van der Waals surface area contributed by atoms with Crippen molar-refractivity contribution >= 4 is 23.5 Å². The van der Waals surface area contributed by atoms with Crippen LogP contribution in [-0.4, -0.2) is 49.2 Å². The second-order valence-electron chi connectivity index (χ2n) is 6.66. The lowest BCUT2D eigenvalue weighted by Gasteiger charge is -2.30. The fourth-order valence-electron chi connectivity index (χ4n) is 2.37. The molecule has 25 heavy (non-hydrogen) atoms. The van der Waals surface area contributed by atoms with Crippen molar-refractivity contribution in [3.8, 4) is 5.69 Å². The third-order valence-electron chi connectivity index (χ3n) is 4.51. The largest absolute Gasteiger partial charge is 0.480 e. The molecule has 1 heterocycles. The van der Waals surface area contributed by atoms with Crippen LogP contribution in [0.25, 0.3) is 5.69 Å². The van der Waals surface area contributed by atoms with Gasteiger partial charge in [0.15, 0.2) is 0 Å². The molecule has 0 unspecified atom stereocenters. The molecule has 0 aliphatic heterocycles. The number of nitrogens with zero attached hydrogens (tertiary/aromatic N) is 4. The number of hydrogen-bond donors (Lipinski definition) is 1. The molecule has 2 aromatic rings. The summed E-state index contributed by atoms with van der Waals surface area (Å²) < 4.78 is 1.59. The Morgan fingerprint density at radius 1 is 1.32 bits per heavy atom. The van der Waals surface area contributed by atoms with Crippen LogP contribution in [0.4, 0.5) is 0 Å². The summed E-state index contributed by atoms with van der Waals surface area (Å²) >= 11 is 6.26. The summed E-state index contributed by atoms with van der Waals surface area (Å²) in [6.45, 7) is 2.92. The molecule has 1 aromatic heterocycles. The Labute approximate surface area is 150 Å². The highest BCUT2D eigenvalue weighted by Gasteiger charge is 2.38. The third-order valence-corrected chi connectivity index (χ3v) is 4.83. The van der Waals surface area contributed by atoms with Crippen molar-refractivity contribution < 1.29 is 14.7 Å². The highest BCUT2D eigenvalue weighted by Crippen LogP contribution is 2.40. The van der Waals surface area contributed by atoms with Crippen molar-refractivity contribution in [3.05, 3.63) is 40.9 Å². The molecule has 0 bridgehead atoms. The van der Waals surface area contributed by atoms with Crippen molar-refractivity contribution in [2.24, 2.45) is 0 Å². The summed E-state index contributed by atoms with van der Waals surface area (Å²) in [5.74, 6) is -0.754. The van der Waals surface area contributed by atoms with Gasteiger partial charge in [0.2, 0.25) is 5.82 Å². The maximum Gasteiger partial charge on any atom is 0.329 e. The minimum atomic E-state index is -1.37. The van der Waals surface area contributed by atoms with Gasteiger partial charge in [0, 0.05) is 13.0 Å². The standard InChI is InChI=1S/C17H19ClN4O3/c1-17(2,16(24)25)21(3)15(23)13-19-14(10-8-9-10)22(20-13)12-7-5-4-6-11(12)18/h4-7,10H,8-9H2,1-3H3,(H,24,25). The van der Waals surface area contributed by atoms with Gasteiger partial charge in [-0.3, -0.25) is 4.79 Å². The summed E-state index contributed by atoms with van der Waals surface area (Å²) in [4.78, 5) is 29.6. The maximum absolute atomic E-state index is 12.7. The van der Waals surface area contributed by atoms with E-state index in [0.29, 0.717) is 16.5 Å². The number of likely N-dealkylation sites (N-methyl/N-ethyl adjacent to an activating group) is 1. The first-order valence-electron chi connectivity index (χ1n) is 7.97. The Morgan fingerprint density at radius 3 is 2.52 bits per heavy atom. The van der Waals surface area contributed by atoms with E-state index in [0.717, 1.165) is 17.7 Å². The number of carbonyl (C=O) groups is 2. The average molecular weight is 363 g/mol. The molecular weight excluding hydrogens is 344 g/mol. The Bertz CT molecular complexity index is 842. The second kappa shape index (κ2) is 6.15. The van der Waals surface area contributed by atoms with Crippen molar-refractivity contribution in [1.29, 1.82) is 0 Å². The molecular formula is C17H19ClN4O3. The van der Waals surface area contributed by atoms with E-state index in [9.17, 15) is 14.7 Å². The Balaban J connectivity index is 2.02. The van der Waals surface area contributed by atoms with Crippen LogP contribution in [0.2, 0.25) is 5.02 Å². The molecule has 1 fully saturated rings. The molecule has 8 heteroatoms. The summed E-state index contributed by atoms with van der Waals surface area (Å²) in [5, 5.41) is 14.2. The van der Waals surface area contributed by atoms with Crippen molar-refractivity contribution in [2.45, 2.75) is 38.1 Å². The number of rotatable bonds is 5. The molecule has 1 saturated carbocycles. The van der Waals surface area contributed by atoms with Gasteiger partial charge >= 0.3 is 5.97 Å². The molecule has 1 aliphatic rings. The molecule has 7 nitrogen and oxygen atoms in total. The number of carboxylic acid groups (broad SMARTS) is 1. The summed E-state index contributed by atoms with van der Waals surface area (Å²) in [6.07, 6.45) is 1.96. The van der Waals surface area contributed by atoms with E-state index in [1.165, 1.54) is 20.9 Å². The van der Waals surface area contributed by atoms with Crippen molar-refractivity contribution in [1.82, 2.24) is 19.7 Å². The molecule has 1 aromatic carbocycles. The molecule has 0 radical (unpaired) electrons. The molecule has 1 amide bonds. The van der Waals surface area contributed by atoms with E-state index < -0.39 is 17.4 Å². The molecule has 3 rings (SSSR count). The Morgan fingerprint density at radius 2 is 1.96 bits per heavy atom. The highest BCUT2D eigenvalue weighted by atomic mass is 35.5. The Kier molecular flexibility index (Phi) is 4.28. The van der Waals surface area contributed by atoms with E-state index in [2.05, 4.69) is 10.1 Å². The van der Waals surface area contributed by atoms with Gasteiger partial charge in [0.05, 0.1) is 10.7 Å². The van der Waals surface area contributed by atoms with E-state index >= 15 is 0 Å². The monoisotopic (exact) mass is 362 g/mol. The fraction of sp³-hybridized carbons (Fsp3) is 0.412. The third kappa shape index (κ3) is 3.11. The van der Waals surface area contributed by atoms with Crippen LogP contribution in [0.5, 0.6) is 0 Å². The molecule has 1 N–H and O–H groups in total. The molecule has 0 saturated heterocycles. The lowest BCUT2D eigenvalue weighted by Crippen LogP contribution is -2.51. The first-order valence-corrected chi connectivity index (χ1v) is 8.34. The highest BCUT2D eigenvalue weighted by molar-refractivity contribution is 6.32. The minimum Gasteiger partial charge on any atom is -0.480 e. The molecule has 0 atom stereocenters. The van der Waals surface area contributed by atoms with Crippen LogP contribution < -0.4 is 0 Å². The second-order valence-corrected chi connectivity index (χ2v) is 7.07. The summed E-state index contributed by atoms with van der Waals surface area (Å²) in [5.41, 5.74) is -0.718. The number of aliphatic carboxylic acids is 1. The average Bonchev–Trinajstić information content (AvgIpc) is 3.32. The number of aromatic nitrogens is 3. The lowest BCUT2D eigenvalue weighted by atomic mass is 10.0. The van der Waals surface area contributed by atoms with E-state index in [4.69, 9.17) is 11.6 Å². The maximum atomic E-state index is 12.7. The number of carbonyl (C=O) groups excluding carboxylic acids is 1. The van der Waals surface area contributed by atoms with E-state index in [-0.39, 0.29) is 11.7 Å². The van der Waals surface area contributed by atoms with Gasteiger partial charge in [-0.2, -0.15) is 0 Å². The minimum absolute atomic E-state index is 0.0290. The predicted molar refractivity (Wildman–Crippen MR) is 92.2 cm³/mol. The van der Waals surface area contributed by atoms with Gasteiger partial charge in [0.1, 0.15) is 11.4 Å². The zero-order chi connectivity index (χ0) is 18.4. The molecule has 132 valence electrons. The normalized spacial score (nSPS) is 14.4. The number of para-hydroxylation sites is 1. The smallest absolute Gasteiger partial charge is 0.329 e. The Hall–Kier alpha value is -2.41. The summed E-state index contributed by atoms with van der Waals surface area (Å²) in [7, 11) is 1.43. The van der Waals surface area contributed by atoms with Crippen LogP contribution >= 0.6 is 11.6 Å². The first kappa shape index (κ1) is 17.4. The van der Waals surface area contributed by atoms with Crippen molar-refractivity contribution in [3.63, 3.8) is 0 Å². The number of benzene rings is 1. The first-order chi connectivity index (χ1) is 11.7. The topological polar surface area (TPSA) is 88.3 Å². The quantitative estimate of drug-likeness (QED) is 0.883. The van der Waals surface area contributed by atoms with Crippen LogP contribution in [-0.2, 0) is 4.79 Å². The lowest BCUT2D eigenvalue weighted by molar-refractivity contribution is -0.147. The zero-order valence-corrected chi connectivity index (χ0v) is 15.0.